The maximum Gasteiger partial charge on any atom is 0.120 e. The fourth-order valence-corrected chi connectivity index (χ4v) is 1.10. The van der Waals surface area contributed by atoms with E-state index in [9.17, 15) is 4.79 Å². The standard InChI is InChI=1S/C8H9BrO.C3H6O/c1-2-10-8-5-3-4-7(9)6-8;1-2-3-4/h3-6H,2H2,1H3;3H,2H2,1H3. The maximum atomic E-state index is 9.17. The highest BCUT2D eigenvalue weighted by Crippen LogP contribution is 2.17. The number of rotatable bonds is 3. The highest BCUT2D eigenvalue weighted by Gasteiger charge is 1.90. The normalized spacial score (nSPS) is 8.50. The minimum Gasteiger partial charge on any atom is -0.494 e. The van der Waals surface area contributed by atoms with Gasteiger partial charge in [-0.3, -0.25) is 0 Å². The lowest BCUT2D eigenvalue weighted by molar-refractivity contribution is -0.107. The van der Waals surface area contributed by atoms with Crippen LogP contribution >= 0.6 is 15.9 Å². The van der Waals surface area contributed by atoms with Crippen molar-refractivity contribution in [2.75, 3.05) is 6.61 Å². The fourth-order valence-electron chi connectivity index (χ4n) is 0.723. The molecule has 2 nitrogen and oxygen atoms in total. The monoisotopic (exact) mass is 258 g/mol. The first-order valence-corrected chi connectivity index (χ1v) is 5.35. The molecule has 0 fully saturated rings. The molecule has 0 saturated heterocycles. The van der Waals surface area contributed by atoms with Crippen LogP contribution in [0.1, 0.15) is 20.3 Å². The summed E-state index contributed by atoms with van der Waals surface area (Å²) in [5, 5.41) is 0. The van der Waals surface area contributed by atoms with Crippen LogP contribution in [0.4, 0.5) is 0 Å². The highest BCUT2D eigenvalue weighted by atomic mass is 79.9. The van der Waals surface area contributed by atoms with Gasteiger partial charge in [-0.2, -0.15) is 0 Å². The molecule has 0 radical (unpaired) electrons. The zero-order valence-corrected chi connectivity index (χ0v) is 10.1. The Balaban J connectivity index is 0.000000364. The summed E-state index contributed by atoms with van der Waals surface area (Å²) in [6.07, 6.45) is 1.51. The summed E-state index contributed by atoms with van der Waals surface area (Å²) in [5.41, 5.74) is 0. The molecule has 3 heteroatoms. The summed E-state index contributed by atoms with van der Waals surface area (Å²) in [6, 6.07) is 7.81. The van der Waals surface area contributed by atoms with Crippen LogP contribution in [-0.2, 0) is 4.79 Å². The number of aldehydes is 1. The third-order valence-electron chi connectivity index (χ3n) is 1.27. The Morgan fingerprint density at radius 1 is 1.43 bits per heavy atom. The predicted molar refractivity (Wildman–Crippen MR) is 61.7 cm³/mol. The first-order valence-electron chi connectivity index (χ1n) is 4.56. The molecule has 1 rings (SSSR count). The Hall–Kier alpha value is -0.830. The minimum absolute atomic E-state index is 0.639. The van der Waals surface area contributed by atoms with E-state index in [-0.39, 0.29) is 0 Å². The zero-order valence-electron chi connectivity index (χ0n) is 8.50. The summed E-state index contributed by atoms with van der Waals surface area (Å²) in [6.45, 7) is 4.50. The molecule has 0 saturated carbocycles. The van der Waals surface area contributed by atoms with Crippen molar-refractivity contribution in [3.05, 3.63) is 28.7 Å². The van der Waals surface area contributed by atoms with Gasteiger partial charge in [0.1, 0.15) is 12.0 Å². The average molecular weight is 259 g/mol. The van der Waals surface area contributed by atoms with E-state index in [2.05, 4.69) is 15.9 Å². The van der Waals surface area contributed by atoms with Crippen molar-refractivity contribution in [2.45, 2.75) is 20.3 Å². The molecule has 0 aliphatic rings. The molecule has 0 aliphatic heterocycles. The van der Waals surface area contributed by atoms with Crippen LogP contribution < -0.4 is 4.74 Å². The van der Waals surface area contributed by atoms with Gasteiger partial charge in [0.2, 0.25) is 0 Å². The minimum atomic E-state index is 0.639. The van der Waals surface area contributed by atoms with Gasteiger partial charge in [0.25, 0.3) is 0 Å². The van der Waals surface area contributed by atoms with Crippen molar-refractivity contribution >= 4 is 22.2 Å². The Bertz CT molecular complexity index is 261. The molecule has 0 heterocycles. The zero-order chi connectivity index (χ0) is 10.8. The van der Waals surface area contributed by atoms with Crippen molar-refractivity contribution in [1.82, 2.24) is 0 Å². The number of hydrogen-bond donors (Lipinski definition) is 0. The quantitative estimate of drug-likeness (QED) is 0.777. The lowest BCUT2D eigenvalue weighted by Gasteiger charge is -2.01. The van der Waals surface area contributed by atoms with E-state index in [0.29, 0.717) is 6.42 Å². The lowest BCUT2D eigenvalue weighted by Crippen LogP contribution is -1.89. The second-order valence-electron chi connectivity index (χ2n) is 2.47. The molecule has 0 N–H and O–H groups in total. The number of carbonyl (C=O) groups is 1. The van der Waals surface area contributed by atoms with E-state index < -0.39 is 0 Å². The van der Waals surface area contributed by atoms with Gasteiger partial charge in [-0.25, -0.2) is 0 Å². The molecule has 0 atom stereocenters. The van der Waals surface area contributed by atoms with E-state index in [1.54, 1.807) is 0 Å². The fraction of sp³-hybridized carbons (Fsp3) is 0.364. The van der Waals surface area contributed by atoms with Crippen molar-refractivity contribution in [3.63, 3.8) is 0 Å². The van der Waals surface area contributed by atoms with Crippen LogP contribution in [0.25, 0.3) is 0 Å². The summed E-state index contributed by atoms with van der Waals surface area (Å²) in [5.74, 6) is 0.914. The topological polar surface area (TPSA) is 26.3 Å². The van der Waals surface area contributed by atoms with E-state index in [1.807, 2.05) is 38.1 Å². The van der Waals surface area contributed by atoms with Crippen molar-refractivity contribution in [3.8, 4) is 5.75 Å². The summed E-state index contributed by atoms with van der Waals surface area (Å²) in [7, 11) is 0. The van der Waals surface area contributed by atoms with E-state index in [0.717, 1.165) is 23.1 Å². The average Bonchev–Trinajstić information content (AvgIpc) is 2.19. The van der Waals surface area contributed by atoms with E-state index in [1.165, 1.54) is 0 Å². The van der Waals surface area contributed by atoms with Crippen LogP contribution in [0.3, 0.4) is 0 Å². The molecule has 1 aromatic carbocycles. The molecular weight excluding hydrogens is 244 g/mol. The third kappa shape index (κ3) is 6.66. The van der Waals surface area contributed by atoms with Crippen molar-refractivity contribution in [2.24, 2.45) is 0 Å². The van der Waals surface area contributed by atoms with Crippen LogP contribution in [0.2, 0.25) is 0 Å². The van der Waals surface area contributed by atoms with Gasteiger partial charge in [0.05, 0.1) is 6.61 Å². The summed E-state index contributed by atoms with van der Waals surface area (Å²) in [4.78, 5) is 9.17. The largest absolute Gasteiger partial charge is 0.494 e. The highest BCUT2D eigenvalue weighted by molar-refractivity contribution is 9.10. The van der Waals surface area contributed by atoms with E-state index >= 15 is 0 Å². The molecule has 78 valence electrons. The number of hydrogen-bond acceptors (Lipinski definition) is 2. The van der Waals surface area contributed by atoms with Gasteiger partial charge < -0.3 is 9.53 Å². The Labute approximate surface area is 93.4 Å². The second-order valence-corrected chi connectivity index (χ2v) is 3.38. The Morgan fingerprint density at radius 3 is 2.50 bits per heavy atom. The van der Waals surface area contributed by atoms with Crippen LogP contribution in [0.5, 0.6) is 5.75 Å². The molecular formula is C11H15BrO2. The van der Waals surface area contributed by atoms with Gasteiger partial charge in [0, 0.05) is 10.9 Å². The summed E-state index contributed by atoms with van der Waals surface area (Å²) >= 11 is 3.35. The van der Waals surface area contributed by atoms with Gasteiger partial charge in [-0.1, -0.05) is 28.9 Å². The molecule has 0 spiro atoms. The Morgan fingerprint density at radius 2 is 2.07 bits per heavy atom. The molecule has 0 unspecified atom stereocenters. The Kier molecular flexibility index (Phi) is 8.24. The predicted octanol–water partition coefficient (Wildman–Crippen LogP) is 3.44. The smallest absolute Gasteiger partial charge is 0.120 e. The van der Waals surface area contributed by atoms with Crippen LogP contribution in [0, 0.1) is 0 Å². The van der Waals surface area contributed by atoms with Gasteiger partial charge in [-0.15, -0.1) is 0 Å². The van der Waals surface area contributed by atoms with Gasteiger partial charge >= 0.3 is 0 Å². The number of benzene rings is 1. The van der Waals surface area contributed by atoms with Gasteiger partial charge in [0.15, 0.2) is 0 Å². The first-order chi connectivity index (χ1) is 6.74. The molecule has 0 aliphatic carbocycles. The van der Waals surface area contributed by atoms with Crippen molar-refractivity contribution in [1.29, 1.82) is 0 Å². The van der Waals surface area contributed by atoms with Gasteiger partial charge in [-0.05, 0) is 25.1 Å². The molecule has 0 bridgehead atoms. The molecule has 0 aromatic heterocycles. The number of ether oxygens (including phenoxy) is 1. The SMILES string of the molecule is CCC=O.CCOc1cccc(Br)c1. The lowest BCUT2D eigenvalue weighted by atomic mass is 10.3. The van der Waals surface area contributed by atoms with Crippen molar-refractivity contribution < 1.29 is 9.53 Å². The van der Waals surface area contributed by atoms with Crippen LogP contribution in [-0.4, -0.2) is 12.9 Å². The maximum absolute atomic E-state index is 9.17. The third-order valence-corrected chi connectivity index (χ3v) is 1.77. The second kappa shape index (κ2) is 8.75. The number of carbonyl (C=O) groups excluding carboxylic acids is 1. The van der Waals surface area contributed by atoms with E-state index in [4.69, 9.17) is 4.74 Å². The molecule has 0 amide bonds. The molecule has 14 heavy (non-hydrogen) atoms. The summed E-state index contributed by atoms with van der Waals surface area (Å²) < 4.78 is 6.31. The molecule has 1 aromatic rings. The first kappa shape index (κ1) is 13.2. The van der Waals surface area contributed by atoms with Crippen LogP contribution in [0.15, 0.2) is 28.7 Å². The number of halogens is 1.